The molecule has 0 fully saturated rings. The molecular formula is C20H16N4O3. The van der Waals surface area contributed by atoms with Gasteiger partial charge in [-0.15, -0.1) is 0 Å². The van der Waals surface area contributed by atoms with Gasteiger partial charge in [0.15, 0.2) is 0 Å². The van der Waals surface area contributed by atoms with E-state index in [2.05, 4.69) is 15.3 Å². The fourth-order valence-electron chi connectivity index (χ4n) is 2.42. The van der Waals surface area contributed by atoms with E-state index in [9.17, 15) is 4.79 Å². The molecule has 1 aromatic carbocycles. The minimum atomic E-state index is -0.326. The number of nitriles is 1. The van der Waals surface area contributed by atoms with Gasteiger partial charge in [0.1, 0.15) is 22.9 Å². The predicted octanol–water partition coefficient (Wildman–Crippen LogP) is 3.71. The van der Waals surface area contributed by atoms with E-state index < -0.39 is 0 Å². The molecule has 0 aliphatic carbocycles. The quantitative estimate of drug-likeness (QED) is 0.745. The lowest BCUT2D eigenvalue weighted by Crippen LogP contribution is -2.14. The third kappa shape index (κ3) is 4.02. The molecule has 0 unspecified atom stereocenters. The Balaban J connectivity index is 1.79. The fourth-order valence-corrected chi connectivity index (χ4v) is 2.42. The van der Waals surface area contributed by atoms with Crippen LogP contribution in [0.3, 0.4) is 0 Å². The summed E-state index contributed by atoms with van der Waals surface area (Å²) in [7, 11) is 1.46. The van der Waals surface area contributed by atoms with Crippen molar-refractivity contribution >= 4 is 11.6 Å². The van der Waals surface area contributed by atoms with E-state index in [1.54, 1.807) is 54.9 Å². The number of aryl methyl sites for hydroxylation is 1. The zero-order chi connectivity index (χ0) is 19.2. The second kappa shape index (κ2) is 7.97. The van der Waals surface area contributed by atoms with Crippen LogP contribution in [-0.4, -0.2) is 23.0 Å². The molecule has 3 aromatic rings. The molecule has 2 heterocycles. The van der Waals surface area contributed by atoms with Gasteiger partial charge in [-0.3, -0.25) is 4.79 Å². The van der Waals surface area contributed by atoms with Crippen LogP contribution >= 0.6 is 0 Å². The fraction of sp³-hybridized carbons (Fsp3) is 0.100. The van der Waals surface area contributed by atoms with Crippen molar-refractivity contribution in [1.82, 2.24) is 9.97 Å². The Hall–Kier alpha value is -3.92. The summed E-state index contributed by atoms with van der Waals surface area (Å²) in [6.07, 6.45) is 3.11. The Bertz CT molecular complexity index is 1030. The Kier molecular flexibility index (Phi) is 5.28. The van der Waals surface area contributed by atoms with Gasteiger partial charge in [0.05, 0.1) is 7.11 Å². The first-order valence-electron chi connectivity index (χ1n) is 8.06. The number of nitrogens with one attached hydrogen (secondary N) is 1. The molecule has 7 nitrogen and oxygen atoms in total. The lowest BCUT2D eigenvalue weighted by Gasteiger charge is -2.12. The number of anilines is 1. The number of carbonyl (C=O) groups is 1. The smallest absolute Gasteiger partial charge is 0.261 e. The van der Waals surface area contributed by atoms with Crippen molar-refractivity contribution in [2.75, 3.05) is 12.4 Å². The number of hydrogen-bond acceptors (Lipinski definition) is 6. The minimum Gasteiger partial charge on any atom is -0.480 e. The van der Waals surface area contributed by atoms with Gasteiger partial charge in [-0.1, -0.05) is 0 Å². The molecule has 0 atom stereocenters. The Morgan fingerprint density at radius 3 is 2.56 bits per heavy atom. The third-order valence-corrected chi connectivity index (χ3v) is 3.76. The second-order valence-electron chi connectivity index (χ2n) is 5.56. The summed E-state index contributed by atoms with van der Waals surface area (Å²) in [4.78, 5) is 20.6. The van der Waals surface area contributed by atoms with Gasteiger partial charge in [0.25, 0.3) is 5.91 Å². The Morgan fingerprint density at radius 2 is 1.85 bits per heavy atom. The highest BCUT2D eigenvalue weighted by Crippen LogP contribution is 2.27. The number of pyridine rings is 2. The first-order valence-corrected chi connectivity index (χ1v) is 8.06. The first kappa shape index (κ1) is 17.9. The van der Waals surface area contributed by atoms with Gasteiger partial charge in [-0.05, 0) is 55.0 Å². The average Bonchev–Trinajstić information content (AvgIpc) is 2.70. The van der Waals surface area contributed by atoms with Crippen molar-refractivity contribution in [2.24, 2.45) is 0 Å². The van der Waals surface area contributed by atoms with Gasteiger partial charge < -0.3 is 14.8 Å². The highest BCUT2D eigenvalue weighted by Gasteiger charge is 2.14. The van der Waals surface area contributed by atoms with Crippen LogP contribution in [0.15, 0.2) is 54.9 Å². The lowest BCUT2D eigenvalue weighted by atomic mass is 10.1. The number of benzene rings is 1. The molecule has 0 saturated heterocycles. The van der Waals surface area contributed by atoms with Crippen LogP contribution < -0.4 is 14.8 Å². The largest absolute Gasteiger partial charge is 0.480 e. The standard InChI is InChI=1S/C20H16N4O3/c1-13-11-15(27-19-14(12-21)5-3-9-22-19)7-8-17(13)24-18(25)16-6-4-10-23-20(16)26-2/h3-11H,1-2H3,(H,24,25). The van der Waals surface area contributed by atoms with E-state index in [0.717, 1.165) is 5.56 Å². The van der Waals surface area contributed by atoms with E-state index in [1.165, 1.54) is 7.11 Å². The molecule has 1 amide bonds. The van der Waals surface area contributed by atoms with Crippen molar-refractivity contribution < 1.29 is 14.3 Å². The SMILES string of the molecule is COc1ncccc1C(=O)Nc1ccc(Oc2ncccc2C#N)cc1C. The number of nitrogens with zero attached hydrogens (tertiary/aromatic N) is 3. The summed E-state index contributed by atoms with van der Waals surface area (Å²) >= 11 is 0. The molecular weight excluding hydrogens is 344 g/mol. The van der Waals surface area contributed by atoms with Crippen molar-refractivity contribution in [1.29, 1.82) is 5.26 Å². The lowest BCUT2D eigenvalue weighted by molar-refractivity contribution is 0.102. The molecule has 0 bridgehead atoms. The zero-order valence-corrected chi connectivity index (χ0v) is 14.8. The predicted molar refractivity (Wildman–Crippen MR) is 98.9 cm³/mol. The molecule has 0 aliphatic rings. The van der Waals surface area contributed by atoms with Crippen LogP contribution in [0.1, 0.15) is 21.5 Å². The monoisotopic (exact) mass is 360 g/mol. The molecule has 2 aromatic heterocycles. The van der Waals surface area contributed by atoms with Gasteiger partial charge in [0.2, 0.25) is 11.8 Å². The molecule has 0 saturated carbocycles. The maximum absolute atomic E-state index is 12.5. The van der Waals surface area contributed by atoms with Gasteiger partial charge in [-0.2, -0.15) is 5.26 Å². The second-order valence-corrected chi connectivity index (χ2v) is 5.56. The van der Waals surface area contributed by atoms with Crippen molar-refractivity contribution in [3.8, 4) is 23.6 Å². The van der Waals surface area contributed by atoms with E-state index in [-0.39, 0.29) is 17.7 Å². The van der Waals surface area contributed by atoms with Gasteiger partial charge in [-0.25, -0.2) is 9.97 Å². The Morgan fingerprint density at radius 1 is 1.11 bits per heavy atom. The number of hydrogen-bond donors (Lipinski definition) is 1. The maximum Gasteiger partial charge on any atom is 0.261 e. The van der Waals surface area contributed by atoms with Gasteiger partial charge >= 0.3 is 0 Å². The van der Waals surface area contributed by atoms with Crippen LogP contribution in [0.5, 0.6) is 17.5 Å². The number of rotatable bonds is 5. The van der Waals surface area contributed by atoms with E-state index in [1.807, 2.05) is 13.0 Å². The van der Waals surface area contributed by atoms with Crippen molar-refractivity contribution in [3.63, 3.8) is 0 Å². The topological polar surface area (TPSA) is 97.1 Å². The summed E-state index contributed by atoms with van der Waals surface area (Å²) in [5.74, 6) is 0.677. The number of carbonyl (C=O) groups excluding carboxylic acids is 1. The number of aromatic nitrogens is 2. The summed E-state index contributed by atoms with van der Waals surface area (Å²) in [6, 6.07) is 13.8. The summed E-state index contributed by atoms with van der Waals surface area (Å²) < 4.78 is 10.8. The van der Waals surface area contributed by atoms with Crippen LogP contribution in [0.2, 0.25) is 0 Å². The van der Waals surface area contributed by atoms with Crippen molar-refractivity contribution in [2.45, 2.75) is 6.92 Å². The molecule has 7 heteroatoms. The van der Waals surface area contributed by atoms with E-state index >= 15 is 0 Å². The minimum absolute atomic E-state index is 0.233. The molecule has 3 rings (SSSR count). The normalized spacial score (nSPS) is 9.96. The van der Waals surface area contributed by atoms with Crippen molar-refractivity contribution in [3.05, 3.63) is 71.5 Å². The summed E-state index contributed by atoms with van der Waals surface area (Å²) in [5.41, 5.74) is 2.10. The average molecular weight is 360 g/mol. The molecule has 0 radical (unpaired) electrons. The van der Waals surface area contributed by atoms with Crippen LogP contribution in [0, 0.1) is 18.3 Å². The summed E-state index contributed by atoms with van der Waals surface area (Å²) in [6.45, 7) is 1.84. The van der Waals surface area contributed by atoms with E-state index in [4.69, 9.17) is 14.7 Å². The van der Waals surface area contributed by atoms with Crippen LogP contribution in [0.25, 0.3) is 0 Å². The number of methoxy groups -OCH3 is 1. The Labute approximate surface area is 156 Å². The maximum atomic E-state index is 12.5. The summed E-state index contributed by atoms with van der Waals surface area (Å²) in [5, 5.41) is 11.9. The molecule has 0 aliphatic heterocycles. The number of amides is 1. The highest BCUT2D eigenvalue weighted by atomic mass is 16.5. The highest BCUT2D eigenvalue weighted by molar-refractivity contribution is 6.06. The van der Waals surface area contributed by atoms with Crippen LogP contribution in [-0.2, 0) is 0 Å². The zero-order valence-electron chi connectivity index (χ0n) is 14.8. The molecule has 27 heavy (non-hydrogen) atoms. The first-order chi connectivity index (χ1) is 13.1. The third-order valence-electron chi connectivity index (χ3n) is 3.76. The number of ether oxygens (including phenoxy) is 2. The van der Waals surface area contributed by atoms with Gasteiger partial charge in [0, 0.05) is 18.1 Å². The van der Waals surface area contributed by atoms with E-state index in [0.29, 0.717) is 22.6 Å². The molecule has 134 valence electrons. The molecule has 0 spiro atoms. The molecule has 1 N–H and O–H groups in total. The van der Waals surface area contributed by atoms with Crippen LogP contribution in [0.4, 0.5) is 5.69 Å².